The number of aromatic nitrogens is 2. The van der Waals surface area contributed by atoms with Gasteiger partial charge < -0.3 is 5.11 Å². The number of aliphatic hydroxyl groups is 1. The molecule has 0 aliphatic heterocycles. The number of nitrogens with one attached hydrogen (secondary N) is 1. The maximum atomic E-state index is 11.8. The fraction of sp³-hybridized carbons (Fsp3) is 0.700. The summed E-state index contributed by atoms with van der Waals surface area (Å²) in [4.78, 5) is 0.106. The van der Waals surface area contributed by atoms with Gasteiger partial charge >= 0.3 is 0 Å². The molecule has 0 atom stereocenters. The average molecular weight is 261 g/mol. The van der Waals surface area contributed by atoms with Gasteiger partial charge in [0.25, 0.3) is 0 Å². The van der Waals surface area contributed by atoms with Gasteiger partial charge in [-0.25, -0.2) is 13.1 Å². The molecule has 1 rings (SSSR count). The van der Waals surface area contributed by atoms with E-state index in [-0.39, 0.29) is 11.4 Å². The third kappa shape index (κ3) is 3.52. The first kappa shape index (κ1) is 14.1. The van der Waals surface area contributed by atoms with Gasteiger partial charge in [-0.05, 0) is 12.8 Å². The summed E-state index contributed by atoms with van der Waals surface area (Å²) in [6, 6.07) is 0. The van der Waals surface area contributed by atoms with E-state index in [0.29, 0.717) is 12.8 Å². The molecule has 1 aromatic rings. The molecule has 0 radical (unpaired) electrons. The predicted octanol–water partition coefficient (Wildman–Crippen LogP) is 0.249. The van der Waals surface area contributed by atoms with Crippen molar-refractivity contribution in [2.45, 2.75) is 37.2 Å². The fourth-order valence-electron chi connectivity index (χ4n) is 1.35. The standard InChI is InChI=1S/C10H19N3O3S/c1-4-10(14,5-2)8-12-17(15,16)9-6-11-13(3)7-9/h6-7,12,14H,4-5,8H2,1-3H3. The Hall–Kier alpha value is -0.920. The molecule has 0 unspecified atom stereocenters. The van der Waals surface area contributed by atoms with Gasteiger partial charge in [0.2, 0.25) is 10.0 Å². The first-order chi connectivity index (χ1) is 7.83. The number of aryl methyl sites for hydroxylation is 1. The van der Waals surface area contributed by atoms with Gasteiger partial charge in [-0.1, -0.05) is 13.8 Å². The van der Waals surface area contributed by atoms with Crippen molar-refractivity contribution in [1.82, 2.24) is 14.5 Å². The first-order valence-corrected chi connectivity index (χ1v) is 7.02. The van der Waals surface area contributed by atoms with Gasteiger partial charge in [0.05, 0.1) is 11.8 Å². The van der Waals surface area contributed by atoms with E-state index in [0.717, 1.165) is 0 Å². The molecule has 17 heavy (non-hydrogen) atoms. The van der Waals surface area contributed by atoms with E-state index in [1.165, 1.54) is 17.1 Å². The van der Waals surface area contributed by atoms with Crippen LogP contribution in [0, 0.1) is 0 Å². The molecule has 0 fully saturated rings. The normalized spacial score (nSPS) is 12.9. The second-order valence-corrected chi connectivity index (χ2v) is 5.87. The minimum absolute atomic E-state index is 0.0111. The molecular weight excluding hydrogens is 242 g/mol. The summed E-state index contributed by atoms with van der Waals surface area (Å²) in [7, 11) is -1.94. The van der Waals surface area contributed by atoms with Gasteiger partial charge in [0, 0.05) is 19.8 Å². The molecule has 0 bridgehead atoms. The molecule has 98 valence electrons. The van der Waals surface area contributed by atoms with Crippen LogP contribution < -0.4 is 4.72 Å². The maximum absolute atomic E-state index is 11.8. The summed E-state index contributed by atoms with van der Waals surface area (Å²) < 4.78 is 27.5. The van der Waals surface area contributed by atoms with Crippen molar-refractivity contribution in [3.05, 3.63) is 12.4 Å². The molecular formula is C10H19N3O3S. The average Bonchev–Trinajstić information content (AvgIpc) is 2.74. The van der Waals surface area contributed by atoms with Crippen LogP contribution in [0.4, 0.5) is 0 Å². The van der Waals surface area contributed by atoms with Gasteiger partial charge in [0.15, 0.2) is 0 Å². The monoisotopic (exact) mass is 261 g/mol. The molecule has 1 heterocycles. The van der Waals surface area contributed by atoms with Crippen LogP contribution in [0.15, 0.2) is 17.3 Å². The molecule has 1 aromatic heterocycles. The van der Waals surface area contributed by atoms with Crippen LogP contribution in [0.25, 0.3) is 0 Å². The highest BCUT2D eigenvalue weighted by molar-refractivity contribution is 7.89. The largest absolute Gasteiger partial charge is 0.389 e. The molecule has 2 N–H and O–H groups in total. The predicted molar refractivity (Wildman–Crippen MR) is 63.9 cm³/mol. The van der Waals surface area contributed by atoms with Crippen LogP contribution in [0.1, 0.15) is 26.7 Å². The van der Waals surface area contributed by atoms with Crippen LogP contribution in [-0.4, -0.2) is 35.5 Å². The molecule has 6 nitrogen and oxygen atoms in total. The Morgan fingerprint density at radius 2 is 2.06 bits per heavy atom. The minimum atomic E-state index is -3.59. The second-order valence-electron chi connectivity index (χ2n) is 4.11. The summed E-state index contributed by atoms with van der Waals surface area (Å²) in [5, 5.41) is 13.8. The Morgan fingerprint density at radius 3 is 2.47 bits per heavy atom. The van der Waals surface area contributed by atoms with Crippen molar-refractivity contribution < 1.29 is 13.5 Å². The molecule has 0 saturated heterocycles. The van der Waals surface area contributed by atoms with Crippen LogP contribution in [0.3, 0.4) is 0 Å². The lowest BCUT2D eigenvalue weighted by Gasteiger charge is -2.25. The SMILES string of the molecule is CCC(O)(CC)CNS(=O)(=O)c1cnn(C)c1. The Balaban J connectivity index is 2.75. The summed E-state index contributed by atoms with van der Waals surface area (Å²) in [6.07, 6.45) is 3.69. The minimum Gasteiger partial charge on any atom is -0.389 e. The number of hydrogen-bond donors (Lipinski definition) is 2. The molecule has 0 saturated carbocycles. The van der Waals surface area contributed by atoms with Crippen molar-refractivity contribution in [1.29, 1.82) is 0 Å². The smallest absolute Gasteiger partial charge is 0.243 e. The lowest BCUT2D eigenvalue weighted by atomic mass is 9.98. The van der Waals surface area contributed by atoms with Crippen molar-refractivity contribution in [3.63, 3.8) is 0 Å². The molecule has 0 aliphatic rings. The topological polar surface area (TPSA) is 84.2 Å². The highest BCUT2D eigenvalue weighted by Gasteiger charge is 2.25. The number of rotatable bonds is 6. The third-order valence-electron chi connectivity index (χ3n) is 2.90. The van der Waals surface area contributed by atoms with Crippen LogP contribution in [-0.2, 0) is 17.1 Å². The van der Waals surface area contributed by atoms with Crippen LogP contribution in [0.5, 0.6) is 0 Å². The van der Waals surface area contributed by atoms with Gasteiger partial charge in [-0.3, -0.25) is 4.68 Å². The fourth-order valence-corrected chi connectivity index (χ4v) is 2.45. The summed E-state index contributed by atoms with van der Waals surface area (Å²) >= 11 is 0. The summed E-state index contributed by atoms with van der Waals surface area (Å²) in [5.41, 5.74) is -0.991. The molecule has 0 aromatic carbocycles. The molecule has 0 amide bonds. The van der Waals surface area contributed by atoms with Crippen molar-refractivity contribution >= 4 is 10.0 Å². The zero-order valence-corrected chi connectivity index (χ0v) is 11.2. The Kier molecular flexibility index (Phi) is 4.29. The van der Waals surface area contributed by atoms with Crippen LogP contribution >= 0.6 is 0 Å². The van der Waals surface area contributed by atoms with Gasteiger partial charge in [0.1, 0.15) is 4.90 Å². The lowest BCUT2D eigenvalue weighted by Crippen LogP contribution is -2.41. The van der Waals surface area contributed by atoms with Crippen molar-refractivity contribution in [2.24, 2.45) is 7.05 Å². The summed E-state index contributed by atoms with van der Waals surface area (Å²) in [5.74, 6) is 0. The Labute approximate surface area is 102 Å². The Morgan fingerprint density at radius 1 is 1.47 bits per heavy atom. The highest BCUT2D eigenvalue weighted by atomic mass is 32.2. The number of nitrogens with zero attached hydrogens (tertiary/aromatic N) is 2. The van der Waals surface area contributed by atoms with E-state index in [1.807, 2.05) is 13.8 Å². The van der Waals surface area contributed by atoms with E-state index >= 15 is 0 Å². The van der Waals surface area contributed by atoms with E-state index in [9.17, 15) is 13.5 Å². The van der Waals surface area contributed by atoms with E-state index in [2.05, 4.69) is 9.82 Å². The van der Waals surface area contributed by atoms with E-state index in [1.54, 1.807) is 7.05 Å². The third-order valence-corrected chi connectivity index (χ3v) is 4.25. The zero-order valence-electron chi connectivity index (χ0n) is 10.3. The molecule has 7 heteroatoms. The molecule has 0 spiro atoms. The maximum Gasteiger partial charge on any atom is 0.243 e. The number of hydrogen-bond acceptors (Lipinski definition) is 4. The second kappa shape index (κ2) is 5.16. The van der Waals surface area contributed by atoms with E-state index in [4.69, 9.17) is 0 Å². The summed E-state index contributed by atoms with van der Waals surface area (Å²) in [6.45, 7) is 3.65. The molecule has 0 aliphatic carbocycles. The van der Waals surface area contributed by atoms with Gasteiger partial charge in [-0.2, -0.15) is 5.10 Å². The first-order valence-electron chi connectivity index (χ1n) is 5.53. The van der Waals surface area contributed by atoms with E-state index < -0.39 is 15.6 Å². The number of sulfonamides is 1. The van der Waals surface area contributed by atoms with Crippen LogP contribution in [0.2, 0.25) is 0 Å². The van der Waals surface area contributed by atoms with Crippen molar-refractivity contribution in [2.75, 3.05) is 6.54 Å². The lowest BCUT2D eigenvalue weighted by molar-refractivity contribution is 0.0377. The van der Waals surface area contributed by atoms with Gasteiger partial charge in [-0.15, -0.1) is 0 Å². The highest BCUT2D eigenvalue weighted by Crippen LogP contribution is 2.14. The Bertz CT molecular complexity index is 463. The van der Waals surface area contributed by atoms with Crippen molar-refractivity contribution in [3.8, 4) is 0 Å². The zero-order chi connectivity index (χ0) is 13.1. The quantitative estimate of drug-likeness (QED) is 0.769.